The van der Waals surface area contributed by atoms with Crippen molar-refractivity contribution in [3.63, 3.8) is 0 Å². The molecule has 0 fully saturated rings. The van der Waals surface area contributed by atoms with Crippen molar-refractivity contribution in [2.45, 2.75) is 0 Å². The van der Waals surface area contributed by atoms with Crippen LogP contribution in [-0.2, 0) is 4.84 Å². The van der Waals surface area contributed by atoms with Gasteiger partial charge in [0, 0.05) is 42.2 Å². The first-order valence-electron chi connectivity index (χ1n) is 7.96. The molecule has 1 aliphatic heterocycles. The predicted octanol–water partition coefficient (Wildman–Crippen LogP) is 2.77. The molecular weight excluding hydrogens is 318 g/mol. The Bertz CT molecular complexity index is 1090. The van der Waals surface area contributed by atoms with E-state index in [9.17, 15) is 4.79 Å². The third-order valence-corrected chi connectivity index (χ3v) is 4.32. The number of anilines is 1. The highest BCUT2D eigenvalue weighted by atomic mass is 16.6. The Hall–Kier alpha value is -2.96. The van der Waals surface area contributed by atoms with Gasteiger partial charge in [-0.05, 0) is 12.1 Å². The Kier molecular flexibility index (Phi) is 3.83. The topological polar surface area (TPSA) is 81.6 Å². The molecule has 25 heavy (non-hydrogen) atoms. The Balaban J connectivity index is 1.91. The van der Waals surface area contributed by atoms with Crippen LogP contribution in [0.2, 0.25) is 0 Å². The molecule has 0 radical (unpaired) electrons. The van der Waals surface area contributed by atoms with Gasteiger partial charge in [-0.1, -0.05) is 24.3 Å². The summed E-state index contributed by atoms with van der Waals surface area (Å²) in [6.45, 7) is 1.07. The molecule has 0 unspecified atom stereocenters. The van der Waals surface area contributed by atoms with Crippen LogP contribution >= 0.6 is 0 Å². The molecule has 2 aromatic rings. The third kappa shape index (κ3) is 2.71. The summed E-state index contributed by atoms with van der Waals surface area (Å²) in [7, 11) is 1.94. The van der Waals surface area contributed by atoms with E-state index in [-0.39, 0.29) is 5.43 Å². The number of hydrogen-bond donors (Lipinski definition) is 1. The van der Waals surface area contributed by atoms with Gasteiger partial charge in [-0.15, -0.1) is 0 Å². The number of hydrogen-bond acceptors (Lipinski definition) is 6. The lowest BCUT2D eigenvalue weighted by molar-refractivity contribution is 0.145. The average Bonchev–Trinajstić information content (AvgIpc) is 2.64. The first kappa shape index (κ1) is 15.6. The van der Waals surface area contributed by atoms with Crippen LogP contribution in [0.25, 0.3) is 33.3 Å². The molecule has 0 bridgehead atoms. The second-order valence-corrected chi connectivity index (χ2v) is 5.93. The highest BCUT2D eigenvalue weighted by Crippen LogP contribution is 2.31. The summed E-state index contributed by atoms with van der Waals surface area (Å²) >= 11 is 0. The Morgan fingerprint density at radius 3 is 2.76 bits per heavy atom. The lowest BCUT2D eigenvalue weighted by Gasteiger charge is -2.19. The minimum absolute atomic E-state index is 0.0682. The van der Waals surface area contributed by atoms with Crippen LogP contribution in [0.3, 0.4) is 0 Å². The van der Waals surface area contributed by atoms with Gasteiger partial charge < -0.3 is 14.2 Å². The maximum absolute atomic E-state index is 12.3. The zero-order valence-electron chi connectivity index (χ0n) is 13.7. The van der Waals surface area contributed by atoms with Crippen molar-refractivity contribution in [2.24, 2.45) is 5.90 Å². The second kappa shape index (κ2) is 6.16. The van der Waals surface area contributed by atoms with E-state index in [1.54, 1.807) is 6.07 Å². The fourth-order valence-electron chi connectivity index (χ4n) is 2.97. The molecule has 0 spiro atoms. The quantitative estimate of drug-likeness (QED) is 0.351. The van der Waals surface area contributed by atoms with Crippen LogP contribution in [0.1, 0.15) is 0 Å². The summed E-state index contributed by atoms with van der Waals surface area (Å²) in [5.41, 5.74) is 2.95. The van der Waals surface area contributed by atoms with Gasteiger partial charge in [-0.2, -0.15) is 0 Å². The highest BCUT2D eigenvalue weighted by molar-refractivity contribution is 5.96. The molecule has 0 atom stereocenters. The van der Waals surface area contributed by atoms with Gasteiger partial charge in [0.1, 0.15) is 11.2 Å². The molecule has 1 heterocycles. The van der Waals surface area contributed by atoms with Crippen LogP contribution in [-0.4, -0.2) is 25.2 Å². The summed E-state index contributed by atoms with van der Waals surface area (Å²) in [5.74, 6) is 5.57. The first-order chi connectivity index (χ1) is 12.2. The molecule has 126 valence electrons. The molecule has 2 aromatic carbocycles. The summed E-state index contributed by atoms with van der Waals surface area (Å²) < 4.78 is 5.99. The Morgan fingerprint density at radius 1 is 1.16 bits per heavy atom. The molecule has 0 saturated heterocycles. The highest BCUT2D eigenvalue weighted by Gasteiger charge is 2.15. The van der Waals surface area contributed by atoms with Crippen molar-refractivity contribution < 1.29 is 9.25 Å². The first-order valence-corrected chi connectivity index (χ1v) is 7.96. The van der Waals surface area contributed by atoms with Crippen molar-refractivity contribution in [3.8, 4) is 11.5 Å². The number of aromatic nitrogens is 1. The van der Waals surface area contributed by atoms with Crippen molar-refractivity contribution in [1.29, 1.82) is 0 Å². The van der Waals surface area contributed by atoms with Crippen LogP contribution in [0, 0.1) is 0 Å². The largest absolute Gasteiger partial charge is 0.453 e. The van der Waals surface area contributed by atoms with E-state index in [2.05, 4.69) is 4.84 Å². The van der Waals surface area contributed by atoms with E-state index in [0.717, 1.165) is 16.6 Å². The molecule has 2 aliphatic rings. The minimum atomic E-state index is -0.0682. The molecule has 0 saturated carbocycles. The van der Waals surface area contributed by atoms with E-state index in [0.29, 0.717) is 35.6 Å². The summed E-state index contributed by atoms with van der Waals surface area (Å²) in [5, 5.41) is 1.45. The fraction of sp³-hybridized carbons (Fsp3) is 0.158. The molecule has 2 N–H and O–H groups in total. The van der Waals surface area contributed by atoms with Crippen LogP contribution in [0.5, 0.6) is 0 Å². The monoisotopic (exact) mass is 335 g/mol. The maximum atomic E-state index is 12.3. The van der Waals surface area contributed by atoms with Crippen molar-refractivity contribution in [2.75, 3.05) is 25.1 Å². The van der Waals surface area contributed by atoms with E-state index in [1.807, 2.05) is 48.3 Å². The van der Waals surface area contributed by atoms with Gasteiger partial charge >= 0.3 is 0 Å². The lowest BCUT2D eigenvalue weighted by Crippen LogP contribution is -2.23. The molecule has 6 heteroatoms. The minimum Gasteiger partial charge on any atom is -0.453 e. The molecule has 4 rings (SSSR count). The van der Waals surface area contributed by atoms with Crippen molar-refractivity contribution in [3.05, 3.63) is 58.8 Å². The van der Waals surface area contributed by atoms with Crippen molar-refractivity contribution in [1.82, 2.24) is 4.98 Å². The van der Waals surface area contributed by atoms with Gasteiger partial charge in [0.2, 0.25) is 0 Å². The number of benzene rings is 3. The van der Waals surface area contributed by atoms with Gasteiger partial charge in [0.25, 0.3) is 0 Å². The van der Waals surface area contributed by atoms with Gasteiger partial charge in [0.15, 0.2) is 16.8 Å². The van der Waals surface area contributed by atoms with Gasteiger partial charge in [-0.25, -0.2) is 10.9 Å². The average molecular weight is 335 g/mol. The predicted molar refractivity (Wildman–Crippen MR) is 97.8 cm³/mol. The molecule has 0 amide bonds. The van der Waals surface area contributed by atoms with Crippen LogP contribution < -0.4 is 16.2 Å². The zero-order valence-corrected chi connectivity index (χ0v) is 13.7. The third-order valence-electron chi connectivity index (χ3n) is 4.32. The van der Waals surface area contributed by atoms with Gasteiger partial charge in [-0.3, -0.25) is 4.79 Å². The molecule has 1 aliphatic carbocycles. The molecule has 6 nitrogen and oxygen atoms in total. The lowest BCUT2D eigenvalue weighted by atomic mass is 10.0. The zero-order chi connectivity index (χ0) is 17.4. The molecule has 0 aromatic heterocycles. The SMILES string of the molecule is CN(CCON)c1ccc2nc3c4ccccc4c(=O)cc-3oc2c1. The number of likely N-dealkylation sites (N-methyl/N-ethyl adjacent to an activating group) is 1. The smallest absolute Gasteiger partial charge is 0.190 e. The van der Waals surface area contributed by atoms with Crippen LogP contribution in [0.15, 0.2) is 57.7 Å². The number of nitrogens with zero attached hydrogens (tertiary/aromatic N) is 2. The maximum Gasteiger partial charge on any atom is 0.190 e. The normalized spacial score (nSPS) is 11.4. The fourth-order valence-corrected chi connectivity index (χ4v) is 2.97. The Morgan fingerprint density at radius 2 is 1.96 bits per heavy atom. The molecular formula is C19H17N3O3. The second-order valence-electron chi connectivity index (χ2n) is 5.93. The van der Waals surface area contributed by atoms with E-state index < -0.39 is 0 Å². The summed E-state index contributed by atoms with van der Waals surface area (Å²) in [4.78, 5) is 23.6. The summed E-state index contributed by atoms with van der Waals surface area (Å²) in [6, 6.07) is 14.7. The Labute approximate surface area is 143 Å². The van der Waals surface area contributed by atoms with Crippen LogP contribution in [0.4, 0.5) is 5.69 Å². The summed E-state index contributed by atoms with van der Waals surface area (Å²) in [6.07, 6.45) is 0. The number of fused-ring (bicyclic) bond motifs is 4. The van der Waals surface area contributed by atoms with Crippen molar-refractivity contribution >= 4 is 27.6 Å². The van der Waals surface area contributed by atoms with E-state index in [4.69, 9.17) is 15.3 Å². The standard InChI is InChI=1S/C19H17N3O3/c1-22(8-9-24-20)12-6-7-15-17(10-12)25-18-11-16(23)13-4-2-3-5-14(13)19(18)21-15/h2-7,10-11H,8-9,20H2,1H3. The van der Waals surface area contributed by atoms with E-state index in [1.165, 1.54) is 6.07 Å². The van der Waals surface area contributed by atoms with Gasteiger partial charge in [0.05, 0.1) is 6.61 Å². The van der Waals surface area contributed by atoms with E-state index >= 15 is 0 Å². The number of nitrogens with two attached hydrogens (primary N) is 1. The number of rotatable bonds is 4.